The number of aryl methyl sites for hydroxylation is 1. The maximum atomic E-state index is 12.8. The van der Waals surface area contributed by atoms with Crippen molar-refractivity contribution in [1.29, 1.82) is 0 Å². The minimum Gasteiger partial charge on any atom is -0.353 e. The highest BCUT2D eigenvalue weighted by Crippen LogP contribution is 2.12. The normalized spacial score (nSPS) is 11.9. The van der Waals surface area contributed by atoms with Crippen LogP contribution in [0.25, 0.3) is 0 Å². The third kappa shape index (κ3) is 6.87. The Balaban J connectivity index is 1.63. The van der Waals surface area contributed by atoms with Crippen LogP contribution in [0, 0.1) is 5.82 Å². The fourth-order valence-corrected chi connectivity index (χ4v) is 3.06. The first kappa shape index (κ1) is 17.5. The highest BCUT2D eigenvalue weighted by Gasteiger charge is 2.08. The Bertz CT molecular complexity index is 601. The molecule has 2 aromatic carbocycles. The summed E-state index contributed by atoms with van der Waals surface area (Å²) in [5.41, 5.74) is 2.32. The number of thioether (sulfide) groups is 1. The van der Waals surface area contributed by atoms with Crippen LogP contribution in [-0.4, -0.2) is 17.7 Å². The van der Waals surface area contributed by atoms with Crippen molar-refractivity contribution < 1.29 is 9.18 Å². The zero-order valence-corrected chi connectivity index (χ0v) is 14.1. The van der Waals surface area contributed by atoms with E-state index >= 15 is 0 Å². The molecular weight excluding hydrogens is 309 g/mol. The van der Waals surface area contributed by atoms with Crippen molar-refractivity contribution >= 4 is 17.7 Å². The van der Waals surface area contributed by atoms with Crippen LogP contribution in [0.4, 0.5) is 4.39 Å². The highest BCUT2D eigenvalue weighted by atomic mass is 32.2. The third-order valence-corrected chi connectivity index (χ3v) is 4.54. The van der Waals surface area contributed by atoms with E-state index in [4.69, 9.17) is 0 Å². The van der Waals surface area contributed by atoms with Gasteiger partial charge in [-0.1, -0.05) is 42.5 Å². The van der Waals surface area contributed by atoms with Gasteiger partial charge in [-0.05, 0) is 43.0 Å². The Morgan fingerprint density at radius 1 is 1.09 bits per heavy atom. The van der Waals surface area contributed by atoms with Crippen molar-refractivity contribution in [2.75, 3.05) is 5.75 Å². The number of benzene rings is 2. The summed E-state index contributed by atoms with van der Waals surface area (Å²) >= 11 is 1.54. The molecule has 0 fully saturated rings. The summed E-state index contributed by atoms with van der Waals surface area (Å²) in [6.45, 7) is 2.03. The molecule has 0 bridgehead atoms. The Labute approximate surface area is 141 Å². The zero-order chi connectivity index (χ0) is 16.5. The lowest BCUT2D eigenvalue weighted by atomic mass is 10.1. The number of carbonyl (C=O) groups excluding carboxylic acids is 1. The van der Waals surface area contributed by atoms with Gasteiger partial charge in [0.1, 0.15) is 5.82 Å². The van der Waals surface area contributed by atoms with Crippen molar-refractivity contribution in [3.8, 4) is 0 Å². The van der Waals surface area contributed by atoms with Gasteiger partial charge >= 0.3 is 0 Å². The van der Waals surface area contributed by atoms with Crippen LogP contribution in [0.3, 0.4) is 0 Å². The largest absolute Gasteiger partial charge is 0.353 e. The van der Waals surface area contributed by atoms with E-state index in [1.54, 1.807) is 23.9 Å². The van der Waals surface area contributed by atoms with Crippen LogP contribution >= 0.6 is 11.8 Å². The molecule has 1 amide bonds. The van der Waals surface area contributed by atoms with Crippen molar-refractivity contribution in [2.24, 2.45) is 0 Å². The van der Waals surface area contributed by atoms with E-state index in [0.717, 1.165) is 18.4 Å². The van der Waals surface area contributed by atoms with Gasteiger partial charge in [-0.25, -0.2) is 4.39 Å². The van der Waals surface area contributed by atoms with E-state index < -0.39 is 0 Å². The van der Waals surface area contributed by atoms with Crippen molar-refractivity contribution in [1.82, 2.24) is 5.32 Å². The zero-order valence-electron chi connectivity index (χ0n) is 13.3. The van der Waals surface area contributed by atoms with E-state index in [-0.39, 0.29) is 17.8 Å². The number of amides is 1. The molecule has 1 atom stereocenters. The summed E-state index contributed by atoms with van der Waals surface area (Å²) in [6, 6.07) is 16.8. The summed E-state index contributed by atoms with van der Waals surface area (Å²) in [7, 11) is 0. The fourth-order valence-electron chi connectivity index (χ4n) is 2.26. The van der Waals surface area contributed by atoms with E-state index in [1.165, 1.54) is 17.7 Å². The highest BCUT2D eigenvalue weighted by molar-refractivity contribution is 7.99. The number of rotatable bonds is 8. The molecule has 0 aliphatic carbocycles. The van der Waals surface area contributed by atoms with Gasteiger partial charge in [0.15, 0.2) is 0 Å². The molecule has 1 N–H and O–H groups in total. The van der Waals surface area contributed by atoms with E-state index in [1.807, 2.05) is 25.1 Å². The van der Waals surface area contributed by atoms with Crippen molar-refractivity contribution in [3.05, 3.63) is 71.5 Å². The summed E-state index contributed by atoms with van der Waals surface area (Å²) in [4.78, 5) is 11.9. The third-order valence-electron chi connectivity index (χ3n) is 3.53. The van der Waals surface area contributed by atoms with Crippen LogP contribution in [0.2, 0.25) is 0 Å². The number of carbonyl (C=O) groups is 1. The van der Waals surface area contributed by atoms with Gasteiger partial charge in [0.05, 0.1) is 5.75 Å². The molecule has 0 aliphatic heterocycles. The number of hydrogen-bond donors (Lipinski definition) is 1. The van der Waals surface area contributed by atoms with Gasteiger partial charge in [0.2, 0.25) is 5.91 Å². The van der Waals surface area contributed by atoms with Gasteiger partial charge in [-0.2, -0.15) is 0 Å². The summed E-state index contributed by atoms with van der Waals surface area (Å²) in [6.07, 6.45) is 1.89. The molecule has 2 nitrogen and oxygen atoms in total. The summed E-state index contributed by atoms with van der Waals surface area (Å²) in [5.74, 6) is 0.959. The van der Waals surface area contributed by atoms with E-state index in [9.17, 15) is 9.18 Å². The lowest BCUT2D eigenvalue weighted by molar-refractivity contribution is -0.119. The van der Waals surface area contributed by atoms with Gasteiger partial charge in [-0.15, -0.1) is 11.8 Å². The minimum atomic E-state index is -0.233. The van der Waals surface area contributed by atoms with Gasteiger partial charge in [0, 0.05) is 11.8 Å². The minimum absolute atomic E-state index is 0.0534. The monoisotopic (exact) mass is 331 g/mol. The Morgan fingerprint density at radius 2 is 1.78 bits per heavy atom. The Kier molecular flexibility index (Phi) is 7.14. The number of hydrogen-bond acceptors (Lipinski definition) is 2. The van der Waals surface area contributed by atoms with Gasteiger partial charge in [-0.3, -0.25) is 4.79 Å². The average molecular weight is 331 g/mol. The van der Waals surface area contributed by atoms with Crippen LogP contribution in [0.15, 0.2) is 54.6 Å². The second-order valence-electron chi connectivity index (χ2n) is 5.61. The molecule has 0 radical (unpaired) electrons. The van der Waals surface area contributed by atoms with Crippen molar-refractivity contribution in [2.45, 2.75) is 31.6 Å². The maximum Gasteiger partial charge on any atom is 0.230 e. The smallest absolute Gasteiger partial charge is 0.230 e. The standard InChI is InChI=1S/C19H22FNOS/c1-15(7-8-16-5-3-2-4-6-16)21-19(22)14-23-13-17-9-11-18(20)12-10-17/h2-6,9-12,15H,7-8,13-14H2,1H3,(H,21,22)/t15-/m1/s1. The van der Waals surface area contributed by atoms with Crippen LogP contribution in [0.1, 0.15) is 24.5 Å². The van der Waals surface area contributed by atoms with E-state index in [0.29, 0.717) is 11.5 Å². The molecule has 122 valence electrons. The first-order chi connectivity index (χ1) is 11.1. The first-order valence-electron chi connectivity index (χ1n) is 7.79. The van der Waals surface area contributed by atoms with Gasteiger partial charge in [0.25, 0.3) is 0 Å². The Morgan fingerprint density at radius 3 is 2.48 bits per heavy atom. The molecule has 4 heteroatoms. The van der Waals surface area contributed by atoms with Crippen LogP contribution < -0.4 is 5.32 Å². The maximum absolute atomic E-state index is 12.8. The second kappa shape index (κ2) is 9.36. The molecule has 0 aromatic heterocycles. The number of nitrogens with one attached hydrogen (secondary N) is 1. The molecule has 23 heavy (non-hydrogen) atoms. The molecule has 2 aromatic rings. The van der Waals surface area contributed by atoms with Crippen molar-refractivity contribution in [3.63, 3.8) is 0 Å². The Hall–Kier alpha value is -1.81. The molecule has 0 spiro atoms. The van der Waals surface area contributed by atoms with Crippen LogP contribution in [-0.2, 0) is 17.0 Å². The topological polar surface area (TPSA) is 29.1 Å². The second-order valence-corrected chi connectivity index (χ2v) is 6.60. The quantitative estimate of drug-likeness (QED) is 0.785. The lowest BCUT2D eigenvalue weighted by Crippen LogP contribution is -2.34. The molecule has 0 saturated carbocycles. The molecule has 0 unspecified atom stereocenters. The predicted octanol–water partition coefficient (Wildman–Crippen LogP) is 4.20. The summed E-state index contributed by atoms with van der Waals surface area (Å²) < 4.78 is 12.8. The van der Waals surface area contributed by atoms with Crippen LogP contribution in [0.5, 0.6) is 0 Å². The fraction of sp³-hybridized carbons (Fsp3) is 0.316. The lowest BCUT2D eigenvalue weighted by Gasteiger charge is -2.13. The molecule has 0 aliphatic rings. The first-order valence-corrected chi connectivity index (χ1v) is 8.94. The molecule has 0 heterocycles. The van der Waals surface area contributed by atoms with Gasteiger partial charge < -0.3 is 5.32 Å². The van der Waals surface area contributed by atoms with E-state index in [2.05, 4.69) is 17.4 Å². The summed E-state index contributed by atoms with van der Waals surface area (Å²) in [5, 5.41) is 3.03. The molecule has 0 saturated heterocycles. The average Bonchev–Trinajstić information content (AvgIpc) is 2.56. The predicted molar refractivity (Wildman–Crippen MR) is 94.9 cm³/mol. The number of halogens is 1. The molecule has 2 rings (SSSR count). The molecular formula is C19H22FNOS. The SMILES string of the molecule is C[C@H](CCc1ccccc1)NC(=O)CSCc1ccc(F)cc1.